The highest BCUT2D eigenvalue weighted by Crippen LogP contribution is 2.20. The van der Waals surface area contributed by atoms with Crippen LogP contribution in [0.25, 0.3) is 6.08 Å². The van der Waals surface area contributed by atoms with E-state index in [4.69, 9.17) is 0 Å². The van der Waals surface area contributed by atoms with Crippen molar-refractivity contribution in [1.29, 1.82) is 0 Å². The molecule has 2 heteroatoms. The highest BCUT2D eigenvalue weighted by atomic mass is 16.1. The molecule has 0 radical (unpaired) electrons. The third-order valence-corrected chi connectivity index (χ3v) is 3.58. The lowest BCUT2D eigenvalue weighted by Gasteiger charge is -1.92. The molecule has 0 amide bonds. The van der Waals surface area contributed by atoms with Gasteiger partial charge >= 0.3 is 0 Å². The first-order chi connectivity index (χ1) is 9.75. The predicted molar refractivity (Wildman–Crippen MR) is 78.9 cm³/mol. The summed E-state index contributed by atoms with van der Waals surface area (Å²) < 4.78 is 0. The van der Waals surface area contributed by atoms with Crippen molar-refractivity contribution >= 4 is 17.6 Å². The van der Waals surface area contributed by atoms with E-state index >= 15 is 0 Å². The molecule has 2 aliphatic carbocycles. The van der Waals surface area contributed by atoms with E-state index in [1.807, 2.05) is 54.6 Å². The Morgan fingerprint density at radius 2 is 1.40 bits per heavy atom. The molecule has 2 aliphatic rings. The standard InChI is InChI=1S/C9H8O.C9H6O/c2*10-9-6-5-7-3-1-2-4-8(7)9/h1-4H,5-6H2;1-6H. The average molecular weight is 262 g/mol. The van der Waals surface area contributed by atoms with Gasteiger partial charge < -0.3 is 0 Å². The fourth-order valence-electron chi connectivity index (χ4n) is 2.52. The van der Waals surface area contributed by atoms with Gasteiger partial charge in [-0.15, -0.1) is 0 Å². The average Bonchev–Trinajstić information content (AvgIpc) is 3.05. The van der Waals surface area contributed by atoms with Gasteiger partial charge in [-0.2, -0.15) is 0 Å². The van der Waals surface area contributed by atoms with Crippen LogP contribution < -0.4 is 0 Å². The van der Waals surface area contributed by atoms with Crippen LogP contribution in [-0.2, 0) is 6.42 Å². The van der Waals surface area contributed by atoms with Crippen molar-refractivity contribution in [3.63, 3.8) is 0 Å². The van der Waals surface area contributed by atoms with Crippen LogP contribution in [0.15, 0.2) is 54.6 Å². The molecule has 0 heterocycles. The third-order valence-electron chi connectivity index (χ3n) is 3.58. The Bertz CT molecular complexity index is 705. The second kappa shape index (κ2) is 5.25. The van der Waals surface area contributed by atoms with Gasteiger partial charge in [0, 0.05) is 17.5 Å². The van der Waals surface area contributed by atoms with Crippen LogP contribution in [0.1, 0.15) is 38.3 Å². The van der Waals surface area contributed by atoms with Crippen molar-refractivity contribution in [2.45, 2.75) is 12.8 Å². The minimum absolute atomic E-state index is 0.121. The maximum atomic E-state index is 11.1. The summed E-state index contributed by atoms with van der Waals surface area (Å²) in [5.74, 6) is 0.422. The van der Waals surface area contributed by atoms with E-state index in [2.05, 4.69) is 0 Å². The SMILES string of the molecule is O=C1C=Cc2ccccc21.O=C1CCc2ccccc21. The fourth-order valence-corrected chi connectivity index (χ4v) is 2.52. The number of hydrogen-bond acceptors (Lipinski definition) is 2. The molecule has 2 nitrogen and oxygen atoms in total. The number of hydrogen-bond donors (Lipinski definition) is 0. The smallest absolute Gasteiger partial charge is 0.186 e. The number of Topliss-reactive ketones (excluding diaryl/α,β-unsaturated/α-hetero) is 1. The zero-order chi connectivity index (χ0) is 13.9. The number of rotatable bonds is 0. The van der Waals surface area contributed by atoms with Crippen molar-refractivity contribution in [3.05, 3.63) is 76.9 Å². The Morgan fingerprint density at radius 3 is 2.15 bits per heavy atom. The lowest BCUT2D eigenvalue weighted by atomic mass is 10.1. The summed E-state index contributed by atoms with van der Waals surface area (Å²) in [6.45, 7) is 0. The van der Waals surface area contributed by atoms with Gasteiger partial charge in [0.1, 0.15) is 0 Å². The van der Waals surface area contributed by atoms with Gasteiger partial charge in [-0.3, -0.25) is 9.59 Å². The number of aryl methyl sites for hydroxylation is 1. The predicted octanol–water partition coefficient (Wildman–Crippen LogP) is 3.71. The Hall–Kier alpha value is -2.48. The quantitative estimate of drug-likeness (QED) is 0.725. The van der Waals surface area contributed by atoms with E-state index in [-0.39, 0.29) is 5.78 Å². The lowest BCUT2D eigenvalue weighted by Crippen LogP contribution is -1.89. The zero-order valence-electron chi connectivity index (χ0n) is 11.0. The van der Waals surface area contributed by atoms with E-state index in [9.17, 15) is 9.59 Å². The lowest BCUT2D eigenvalue weighted by molar-refractivity contribution is 0.0993. The summed E-state index contributed by atoms with van der Waals surface area (Å²) in [6.07, 6.45) is 5.09. The van der Waals surface area contributed by atoms with E-state index in [0.29, 0.717) is 12.2 Å². The molecule has 0 atom stereocenters. The molecule has 0 fully saturated rings. The molecule has 2 aromatic rings. The molecule has 0 saturated heterocycles. The Morgan fingerprint density at radius 1 is 0.700 bits per heavy atom. The molecule has 20 heavy (non-hydrogen) atoms. The van der Waals surface area contributed by atoms with Gasteiger partial charge in [0.25, 0.3) is 0 Å². The van der Waals surface area contributed by atoms with Crippen LogP contribution in [0.3, 0.4) is 0 Å². The molecule has 0 saturated carbocycles. The number of ketones is 2. The number of allylic oxidation sites excluding steroid dienone is 1. The molecule has 98 valence electrons. The normalized spacial score (nSPS) is 14.6. The van der Waals surface area contributed by atoms with Crippen LogP contribution in [0.4, 0.5) is 0 Å². The van der Waals surface area contributed by atoms with Crippen LogP contribution in [0, 0.1) is 0 Å². The zero-order valence-corrected chi connectivity index (χ0v) is 11.0. The fraction of sp³-hybridized carbons (Fsp3) is 0.111. The molecule has 0 unspecified atom stereocenters. The summed E-state index contributed by atoms with van der Waals surface area (Å²) in [5.41, 5.74) is 4.00. The molecular formula is C18H14O2. The molecule has 0 bridgehead atoms. The van der Waals surface area contributed by atoms with Crippen molar-refractivity contribution in [1.82, 2.24) is 0 Å². The first-order valence-electron chi connectivity index (χ1n) is 6.68. The van der Waals surface area contributed by atoms with Gasteiger partial charge in [-0.1, -0.05) is 54.6 Å². The largest absolute Gasteiger partial charge is 0.294 e. The van der Waals surface area contributed by atoms with Crippen molar-refractivity contribution < 1.29 is 9.59 Å². The van der Waals surface area contributed by atoms with E-state index in [0.717, 1.165) is 23.1 Å². The molecule has 0 aromatic heterocycles. The maximum Gasteiger partial charge on any atom is 0.186 e. The summed E-state index contributed by atoms with van der Waals surface area (Å²) in [6, 6.07) is 15.4. The molecule has 0 aliphatic heterocycles. The summed E-state index contributed by atoms with van der Waals surface area (Å²) >= 11 is 0. The Kier molecular flexibility index (Phi) is 3.30. The van der Waals surface area contributed by atoms with Crippen LogP contribution in [0.2, 0.25) is 0 Å². The van der Waals surface area contributed by atoms with Gasteiger partial charge in [-0.25, -0.2) is 0 Å². The van der Waals surface area contributed by atoms with Crippen molar-refractivity contribution in [2.75, 3.05) is 0 Å². The van der Waals surface area contributed by atoms with Crippen molar-refractivity contribution in [2.24, 2.45) is 0 Å². The summed E-state index contributed by atoms with van der Waals surface area (Å²) in [5, 5.41) is 0. The molecule has 0 N–H and O–H groups in total. The highest BCUT2D eigenvalue weighted by molar-refractivity contribution is 6.13. The monoisotopic (exact) mass is 262 g/mol. The molecule has 0 spiro atoms. The maximum absolute atomic E-state index is 11.1. The second-order valence-corrected chi connectivity index (χ2v) is 4.87. The second-order valence-electron chi connectivity index (χ2n) is 4.87. The van der Waals surface area contributed by atoms with Gasteiger partial charge in [-0.05, 0) is 23.6 Å². The first kappa shape index (κ1) is 12.5. The minimum atomic E-state index is 0.121. The third kappa shape index (κ3) is 2.32. The van der Waals surface area contributed by atoms with E-state index in [1.54, 1.807) is 6.08 Å². The number of fused-ring (bicyclic) bond motifs is 2. The van der Waals surface area contributed by atoms with Crippen LogP contribution in [-0.4, -0.2) is 11.6 Å². The summed E-state index contributed by atoms with van der Waals surface area (Å²) in [4.78, 5) is 22.0. The number of carbonyl (C=O) groups is 2. The van der Waals surface area contributed by atoms with Gasteiger partial charge in [0.2, 0.25) is 0 Å². The number of benzene rings is 2. The van der Waals surface area contributed by atoms with Gasteiger partial charge in [0.05, 0.1) is 0 Å². The highest BCUT2D eigenvalue weighted by Gasteiger charge is 2.17. The minimum Gasteiger partial charge on any atom is -0.294 e. The van der Waals surface area contributed by atoms with E-state index in [1.165, 1.54) is 5.56 Å². The van der Waals surface area contributed by atoms with Gasteiger partial charge in [0.15, 0.2) is 11.6 Å². The molecular weight excluding hydrogens is 248 g/mol. The Balaban J connectivity index is 0.000000121. The van der Waals surface area contributed by atoms with Crippen molar-refractivity contribution in [3.8, 4) is 0 Å². The molecule has 2 aromatic carbocycles. The number of carbonyl (C=O) groups excluding carboxylic acids is 2. The van der Waals surface area contributed by atoms with E-state index < -0.39 is 0 Å². The van der Waals surface area contributed by atoms with Crippen LogP contribution in [0.5, 0.6) is 0 Å². The molecule has 4 rings (SSSR count). The van der Waals surface area contributed by atoms with Crippen LogP contribution >= 0.6 is 0 Å². The first-order valence-corrected chi connectivity index (χ1v) is 6.68. The topological polar surface area (TPSA) is 34.1 Å². The summed E-state index contributed by atoms with van der Waals surface area (Å²) in [7, 11) is 0. The Labute approximate surface area is 117 Å².